The molecule has 1 amide bonds. The maximum atomic E-state index is 12.8. The highest BCUT2D eigenvalue weighted by molar-refractivity contribution is 6.09. The van der Waals surface area contributed by atoms with Gasteiger partial charge in [0, 0.05) is 24.4 Å². The maximum Gasteiger partial charge on any atom is 0.230 e. The van der Waals surface area contributed by atoms with E-state index < -0.39 is 0 Å². The number of rotatable bonds is 3. The first-order valence-corrected chi connectivity index (χ1v) is 7.64. The average molecular weight is 293 g/mol. The molecule has 1 atom stereocenters. The van der Waals surface area contributed by atoms with Crippen LogP contribution in [0.1, 0.15) is 29.3 Å². The van der Waals surface area contributed by atoms with E-state index in [0.717, 1.165) is 11.3 Å². The monoisotopic (exact) mass is 293 g/mol. The standard InChI is InChI=1S/C19H19NO2/c1-14(13-15-7-3-2-4-8-15)19(22)20-12-11-18(21)16-9-5-6-10-17(16)20/h2-10,14H,11-13H2,1H3. The van der Waals surface area contributed by atoms with Gasteiger partial charge in [-0.1, -0.05) is 49.4 Å². The highest BCUT2D eigenvalue weighted by Gasteiger charge is 2.29. The first-order chi connectivity index (χ1) is 10.7. The molecule has 1 aliphatic rings. The fourth-order valence-corrected chi connectivity index (χ4v) is 2.96. The van der Waals surface area contributed by atoms with Gasteiger partial charge in [-0.15, -0.1) is 0 Å². The molecule has 1 heterocycles. The molecule has 0 saturated heterocycles. The van der Waals surface area contributed by atoms with Crippen LogP contribution >= 0.6 is 0 Å². The third-order valence-corrected chi connectivity index (χ3v) is 4.13. The van der Waals surface area contributed by atoms with Gasteiger partial charge in [-0.05, 0) is 24.1 Å². The van der Waals surface area contributed by atoms with Crippen LogP contribution in [0.15, 0.2) is 54.6 Å². The van der Waals surface area contributed by atoms with E-state index in [0.29, 0.717) is 24.9 Å². The van der Waals surface area contributed by atoms with E-state index in [2.05, 4.69) is 0 Å². The Morgan fingerprint density at radius 3 is 2.55 bits per heavy atom. The zero-order valence-corrected chi connectivity index (χ0v) is 12.7. The van der Waals surface area contributed by atoms with Gasteiger partial charge in [0.25, 0.3) is 0 Å². The van der Waals surface area contributed by atoms with Crippen molar-refractivity contribution in [1.82, 2.24) is 0 Å². The summed E-state index contributed by atoms with van der Waals surface area (Å²) in [6.45, 7) is 2.43. The second kappa shape index (κ2) is 6.14. The second-order valence-electron chi connectivity index (χ2n) is 5.77. The van der Waals surface area contributed by atoms with E-state index in [-0.39, 0.29) is 17.6 Å². The molecular formula is C19H19NO2. The molecule has 3 rings (SSSR count). The third-order valence-electron chi connectivity index (χ3n) is 4.13. The number of nitrogens with zero attached hydrogens (tertiary/aromatic N) is 1. The summed E-state index contributed by atoms with van der Waals surface area (Å²) in [7, 11) is 0. The van der Waals surface area contributed by atoms with Gasteiger partial charge in [0.15, 0.2) is 5.78 Å². The van der Waals surface area contributed by atoms with Crippen LogP contribution in [0.3, 0.4) is 0 Å². The number of anilines is 1. The van der Waals surface area contributed by atoms with Crippen LogP contribution in [-0.4, -0.2) is 18.2 Å². The summed E-state index contributed by atoms with van der Waals surface area (Å²) in [5, 5.41) is 0. The molecule has 0 aliphatic carbocycles. The van der Waals surface area contributed by atoms with Gasteiger partial charge in [0.2, 0.25) is 5.91 Å². The number of amides is 1. The maximum absolute atomic E-state index is 12.8. The molecule has 2 aromatic carbocycles. The van der Waals surface area contributed by atoms with Crippen molar-refractivity contribution in [1.29, 1.82) is 0 Å². The fourth-order valence-electron chi connectivity index (χ4n) is 2.96. The number of hydrogen-bond donors (Lipinski definition) is 0. The summed E-state index contributed by atoms with van der Waals surface area (Å²) in [6.07, 6.45) is 1.12. The minimum atomic E-state index is -0.108. The van der Waals surface area contributed by atoms with E-state index >= 15 is 0 Å². The molecule has 0 aromatic heterocycles. The molecule has 1 aliphatic heterocycles. The molecule has 2 aromatic rings. The lowest BCUT2D eigenvalue weighted by molar-refractivity contribution is -0.121. The van der Waals surface area contributed by atoms with Crippen molar-refractivity contribution in [3.63, 3.8) is 0 Å². The number of carbonyl (C=O) groups is 2. The van der Waals surface area contributed by atoms with Crippen molar-refractivity contribution in [2.24, 2.45) is 5.92 Å². The van der Waals surface area contributed by atoms with Crippen molar-refractivity contribution in [2.45, 2.75) is 19.8 Å². The zero-order valence-electron chi connectivity index (χ0n) is 12.7. The quantitative estimate of drug-likeness (QED) is 0.868. The number of Topliss-reactive ketones (excluding diaryl/α,β-unsaturated/α-hetero) is 1. The molecule has 0 saturated carbocycles. The summed E-state index contributed by atoms with van der Waals surface area (Å²) < 4.78 is 0. The number of hydrogen-bond acceptors (Lipinski definition) is 2. The molecule has 0 spiro atoms. The zero-order chi connectivity index (χ0) is 15.5. The molecule has 22 heavy (non-hydrogen) atoms. The Kier molecular flexibility index (Phi) is 4.05. The minimum Gasteiger partial charge on any atom is -0.311 e. The highest BCUT2D eigenvalue weighted by atomic mass is 16.2. The first-order valence-electron chi connectivity index (χ1n) is 7.64. The molecule has 0 N–H and O–H groups in total. The Balaban J connectivity index is 1.81. The molecule has 112 valence electrons. The number of para-hydroxylation sites is 1. The predicted octanol–water partition coefficient (Wildman–Crippen LogP) is 3.48. The van der Waals surface area contributed by atoms with E-state index in [1.807, 2.05) is 55.5 Å². The van der Waals surface area contributed by atoms with Crippen LogP contribution in [-0.2, 0) is 11.2 Å². The van der Waals surface area contributed by atoms with Crippen molar-refractivity contribution in [2.75, 3.05) is 11.4 Å². The van der Waals surface area contributed by atoms with E-state index in [1.54, 1.807) is 11.0 Å². The molecule has 1 unspecified atom stereocenters. The van der Waals surface area contributed by atoms with Gasteiger partial charge in [0.1, 0.15) is 0 Å². The summed E-state index contributed by atoms with van der Waals surface area (Å²) in [5.74, 6) is 0.0998. The number of carbonyl (C=O) groups excluding carboxylic acids is 2. The lowest BCUT2D eigenvalue weighted by atomic mass is 9.96. The van der Waals surface area contributed by atoms with Gasteiger partial charge in [-0.25, -0.2) is 0 Å². The van der Waals surface area contributed by atoms with E-state index in [4.69, 9.17) is 0 Å². The van der Waals surface area contributed by atoms with E-state index in [1.165, 1.54) is 0 Å². The van der Waals surface area contributed by atoms with Gasteiger partial charge < -0.3 is 4.90 Å². The highest BCUT2D eigenvalue weighted by Crippen LogP contribution is 2.28. The number of ketones is 1. The van der Waals surface area contributed by atoms with Gasteiger partial charge in [-0.3, -0.25) is 9.59 Å². The summed E-state index contributed by atoms with van der Waals surface area (Å²) in [5.41, 5.74) is 2.57. The van der Waals surface area contributed by atoms with Crippen LogP contribution in [0.4, 0.5) is 5.69 Å². The fraction of sp³-hybridized carbons (Fsp3) is 0.263. The Labute approximate surface area is 130 Å². The summed E-state index contributed by atoms with van der Waals surface area (Å²) in [4.78, 5) is 26.5. The molecule has 0 radical (unpaired) electrons. The molecule has 3 nitrogen and oxygen atoms in total. The Hall–Kier alpha value is -2.42. The topological polar surface area (TPSA) is 37.4 Å². The third kappa shape index (κ3) is 2.80. The van der Waals surface area contributed by atoms with Crippen LogP contribution < -0.4 is 4.90 Å². The van der Waals surface area contributed by atoms with Crippen LogP contribution in [0, 0.1) is 5.92 Å². The number of fused-ring (bicyclic) bond motifs is 1. The van der Waals surface area contributed by atoms with Crippen LogP contribution in [0.5, 0.6) is 0 Å². The van der Waals surface area contributed by atoms with Crippen molar-refractivity contribution >= 4 is 17.4 Å². The average Bonchev–Trinajstić information content (AvgIpc) is 2.56. The van der Waals surface area contributed by atoms with Crippen LogP contribution in [0.25, 0.3) is 0 Å². The Morgan fingerprint density at radius 2 is 1.77 bits per heavy atom. The first kappa shape index (κ1) is 14.5. The molecule has 0 bridgehead atoms. The van der Waals surface area contributed by atoms with Gasteiger partial charge in [0.05, 0.1) is 5.69 Å². The van der Waals surface area contributed by atoms with E-state index in [9.17, 15) is 9.59 Å². The van der Waals surface area contributed by atoms with Crippen molar-refractivity contribution in [3.05, 3.63) is 65.7 Å². The predicted molar refractivity (Wildman–Crippen MR) is 87.1 cm³/mol. The van der Waals surface area contributed by atoms with Crippen molar-refractivity contribution < 1.29 is 9.59 Å². The van der Waals surface area contributed by atoms with Crippen molar-refractivity contribution in [3.8, 4) is 0 Å². The lowest BCUT2D eigenvalue weighted by Crippen LogP contribution is -2.40. The number of benzene rings is 2. The van der Waals surface area contributed by atoms with Gasteiger partial charge >= 0.3 is 0 Å². The molecule has 3 heteroatoms. The Bertz CT molecular complexity index is 694. The Morgan fingerprint density at radius 1 is 1.09 bits per heavy atom. The molecular weight excluding hydrogens is 274 g/mol. The lowest BCUT2D eigenvalue weighted by Gasteiger charge is -2.30. The summed E-state index contributed by atoms with van der Waals surface area (Å²) in [6, 6.07) is 17.4. The minimum absolute atomic E-state index is 0.0869. The SMILES string of the molecule is CC(Cc1ccccc1)C(=O)N1CCC(=O)c2ccccc21. The largest absolute Gasteiger partial charge is 0.311 e. The van der Waals surface area contributed by atoms with Gasteiger partial charge in [-0.2, -0.15) is 0 Å². The van der Waals surface area contributed by atoms with Crippen LogP contribution in [0.2, 0.25) is 0 Å². The molecule has 0 fully saturated rings. The summed E-state index contributed by atoms with van der Waals surface area (Å²) >= 11 is 0. The normalized spacial score (nSPS) is 15.3. The smallest absolute Gasteiger partial charge is 0.230 e. The second-order valence-corrected chi connectivity index (χ2v) is 5.77.